The molecular weight excluding hydrogens is 402 g/mol. The summed E-state index contributed by atoms with van der Waals surface area (Å²) in [6, 6.07) is 10.3. The largest absolute Gasteiger partial charge is 0.496 e. The molecule has 28 heavy (non-hydrogen) atoms. The molecule has 2 heterocycles. The maximum Gasteiger partial charge on any atom is 0.339 e. The number of amides is 1. The number of esters is 1. The van der Waals surface area contributed by atoms with E-state index in [9.17, 15) is 9.59 Å². The summed E-state index contributed by atoms with van der Waals surface area (Å²) in [4.78, 5) is 32.6. The first-order valence-electron chi connectivity index (χ1n) is 8.20. The summed E-state index contributed by atoms with van der Waals surface area (Å²) in [6.07, 6.45) is 0.372. The van der Waals surface area contributed by atoms with Gasteiger partial charge in [-0.1, -0.05) is 23.7 Å². The number of hydrogen-bond donors (Lipinski definition) is 1. The molecular formula is C19H16ClN3O4S. The van der Waals surface area contributed by atoms with Crippen molar-refractivity contribution in [1.82, 2.24) is 9.97 Å². The third-order valence-electron chi connectivity index (χ3n) is 3.73. The van der Waals surface area contributed by atoms with Gasteiger partial charge < -0.3 is 9.47 Å². The molecule has 1 atom stereocenters. The van der Waals surface area contributed by atoms with E-state index >= 15 is 0 Å². The van der Waals surface area contributed by atoms with Crippen molar-refractivity contribution in [1.29, 1.82) is 0 Å². The number of aromatic nitrogens is 2. The monoisotopic (exact) mass is 417 g/mol. The van der Waals surface area contributed by atoms with E-state index in [1.807, 2.05) is 29.6 Å². The number of hydrogen-bond acceptors (Lipinski definition) is 7. The number of nitrogens with one attached hydrogen (secondary N) is 1. The van der Waals surface area contributed by atoms with Crippen LogP contribution in [0.3, 0.4) is 0 Å². The van der Waals surface area contributed by atoms with Crippen LogP contribution < -0.4 is 10.1 Å². The minimum atomic E-state index is -1.02. The van der Waals surface area contributed by atoms with E-state index in [1.54, 1.807) is 7.11 Å². The molecule has 1 unspecified atom stereocenters. The van der Waals surface area contributed by atoms with E-state index in [0.29, 0.717) is 16.6 Å². The van der Waals surface area contributed by atoms with Crippen LogP contribution in [0.1, 0.15) is 17.3 Å². The van der Waals surface area contributed by atoms with E-state index in [-0.39, 0.29) is 10.7 Å². The number of pyridine rings is 1. The number of thiazole rings is 1. The second kappa shape index (κ2) is 8.81. The second-order valence-corrected chi connectivity index (χ2v) is 6.89. The summed E-state index contributed by atoms with van der Waals surface area (Å²) in [5.41, 5.74) is 1.71. The molecule has 7 nitrogen and oxygen atoms in total. The van der Waals surface area contributed by atoms with Gasteiger partial charge in [0.25, 0.3) is 5.91 Å². The lowest BCUT2D eigenvalue weighted by atomic mass is 10.1. The number of carbonyl (C=O) groups excluding carboxylic acids is 2. The first kappa shape index (κ1) is 19.8. The fraction of sp³-hybridized carbons (Fsp3) is 0.158. The van der Waals surface area contributed by atoms with Gasteiger partial charge in [0.15, 0.2) is 11.2 Å². The van der Waals surface area contributed by atoms with Crippen molar-refractivity contribution in [2.75, 3.05) is 12.4 Å². The zero-order valence-electron chi connectivity index (χ0n) is 15.0. The molecule has 1 amide bonds. The smallest absolute Gasteiger partial charge is 0.339 e. The Kier molecular flexibility index (Phi) is 6.23. The molecule has 3 aromatic rings. The van der Waals surface area contributed by atoms with Crippen LogP contribution in [0.4, 0.5) is 5.13 Å². The Bertz CT molecular complexity index is 1010. The average molecular weight is 418 g/mol. The first-order valence-corrected chi connectivity index (χ1v) is 9.46. The van der Waals surface area contributed by atoms with Crippen molar-refractivity contribution in [3.05, 3.63) is 58.7 Å². The zero-order chi connectivity index (χ0) is 20.1. The molecule has 144 valence electrons. The van der Waals surface area contributed by atoms with Crippen LogP contribution in [0.25, 0.3) is 11.3 Å². The number of nitrogens with zero attached hydrogens (tertiary/aromatic N) is 2. The van der Waals surface area contributed by atoms with E-state index in [2.05, 4.69) is 15.3 Å². The second-order valence-electron chi connectivity index (χ2n) is 5.64. The van der Waals surface area contributed by atoms with Crippen LogP contribution in [0.5, 0.6) is 5.75 Å². The molecule has 0 fully saturated rings. The predicted octanol–water partition coefficient (Wildman–Crippen LogP) is 4.05. The number of anilines is 1. The SMILES string of the molecule is COc1ccccc1-c1csc(NC(=O)C(C)OC(=O)c2ccnc(Cl)c2)n1. The molecule has 0 saturated carbocycles. The fourth-order valence-corrected chi connectivity index (χ4v) is 3.22. The van der Waals surface area contributed by atoms with Crippen molar-refractivity contribution < 1.29 is 19.1 Å². The highest BCUT2D eigenvalue weighted by atomic mass is 35.5. The number of halogens is 1. The molecule has 1 aromatic carbocycles. The van der Waals surface area contributed by atoms with Crippen LogP contribution >= 0.6 is 22.9 Å². The number of carbonyl (C=O) groups is 2. The summed E-state index contributed by atoms with van der Waals surface area (Å²) in [5, 5.41) is 5.01. The summed E-state index contributed by atoms with van der Waals surface area (Å²) >= 11 is 7.02. The van der Waals surface area contributed by atoms with Crippen LogP contribution in [0.15, 0.2) is 48.0 Å². The molecule has 0 radical (unpaired) electrons. The lowest BCUT2D eigenvalue weighted by molar-refractivity contribution is -0.123. The maximum absolute atomic E-state index is 12.3. The van der Waals surface area contributed by atoms with Crippen molar-refractivity contribution in [2.45, 2.75) is 13.0 Å². The molecule has 2 aromatic heterocycles. The minimum Gasteiger partial charge on any atom is -0.496 e. The average Bonchev–Trinajstić information content (AvgIpc) is 3.16. The predicted molar refractivity (Wildman–Crippen MR) is 107 cm³/mol. The van der Waals surface area contributed by atoms with E-state index in [0.717, 1.165) is 5.56 Å². The Morgan fingerprint density at radius 1 is 1.25 bits per heavy atom. The Morgan fingerprint density at radius 3 is 2.79 bits per heavy atom. The lowest BCUT2D eigenvalue weighted by Crippen LogP contribution is -2.30. The number of para-hydroxylation sites is 1. The standard InChI is InChI=1S/C19H16ClN3O4S/c1-11(27-18(25)12-7-8-21-16(20)9-12)17(24)23-19-22-14(10-28-19)13-5-3-4-6-15(13)26-2/h3-11H,1-2H3,(H,22,23,24). The molecule has 9 heteroatoms. The van der Waals surface area contributed by atoms with Gasteiger partial charge in [-0.25, -0.2) is 14.8 Å². The van der Waals surface area contributed by atoms with Gasteiger partial charge in [0.1, 0.15) is 10.9 Å². The molecule has 0 aliphatic heterocycles. The van der Waals surface area contributed by atoms with Crippen molar-refractivity contribution in [3.8, 4) is 17.0 Å². The van der Waals surface area contributed by atoms with Crippen LogP contribution in [0.2, 0.25) is 5.15 Å². The highest BCUT2D eigenvalue weighted by Crippen LogP contribution is 2.31. The molecule has 0 bridgehead atoms. The summed E-state index contributed by atoms with van der Waals surface area (Å²) in [5.74, 6) is -0.473. The van der Waals surface area contributed by atoms with E-state index in [1.165, 1.54) is 36.6 Å². The molecule has 0 aliphatic rings. The van der Waals surface area contributed by atoms with Gasteiger partial charge in [0.2, 0.25) is 0 Å². The minimum absolute atomic E-state index is 0.165. The lowest BCUT2D eigenvalue weighted by Gasteiger charge is -2.12. The quantitative estimate of drug-likeness (QED) is 0.480. The van der Waals surface area contributed by atoms with Gasteiger partial charge in [0, 0.05) is 17.1 Å². The van der Waals surface area contributed by atoms with Crippen molar-refractivity contribution in [3.63, 3.8) is 0 Å². The van der Waals surface area contributed by atoms with Gasteiger partial charge in [-0.15, -0.1) is 11.3 Å². The van der Waals surface area contributed by atoms with Gasteiger partial charge in [-0.05, 0) is 31.2 Å². The van der Waals surface area contributed by atoms with Gasteiger partial charge in [0.05, 0.1) is 18.4 Å². The van der Waals surface area contributed by atoms with Crippen LogP contribution in [-0.4, -0.2) is 35.1 Å². The van der Waals surface area contributed by atoms with Gasteiger partial charge in [-0.3, -0.25) is 10.1 Å². The maximum atomic E-state index is 12.3. The fourth-order valence-electron chi connectivity index (χ4n) is 2.33. The van der Waals surface area contributed by atoms with Gasteiger partial charge in [-0.2, -0.15) is 0 Å². The summed E-state index contributed by atoms with van der Waals surface area (Å²) < 4.78 is 10.5. The number of ether oxygens (including phenoxy) is 2. The summed E-state index contributed by atoms with van der Waals surface area (Å²) in [7, 11) is 1.58. The van der Waals surface area contributed by atoms with E-state index in [4.69, 9.17) is 21.1 Å². The Labute approximate surface area is 170 Å². The molecule has 3 rings (SSSR count). The Balaban J connectivity index is 1.65. The van der Waals surface area contributed by atoms with Crippen molar-refractivity contribution >= 4 is 39.9 Å². The number of methoxy groups -OCH3 is 1. The van der Waals surface area contributed by atoms with E-state index < -0.39 is 18.0 Å². The topological polar surface area (TPSA) is 90.4 Å². The summed E-state index contributed by atoms with van der Waals surface area (Å²) in [6.45, 7) is 1.48. The zero-order valence-corrected chi connectivity index (χ0v) is 16.6. The van der Waals surface area contributed by atoms with Gasteiger partial charge >= 0.3 is 5.97 Å². The number of benzene rings is 1. The third-order valence-corrected chi connectivity index (χ3v) is 4.70. The Morgan fingerprint density at radius 2 is 2.04 bits per heavy atom. The third kappa shape index (κ3) is 4.65. The molecule has 1 N–H and O–H groups in total. The first-order chi connectivity index (χ1) is 13.5. The van der Waals surface area contributed by atoms with Crippen molar-refractivity contribution in [2.24, 2.45) is 0 Å². The number of rotatable bonds is 6. The normalized spacial score (nSPS) is 11.5. The highest BCUT2D eigenvalue weighted by molar-refractivity contribution is 7.14. The van der Waals surface area contributed by atoms with Crippen LogP contribution in [-0.2, 0) is 9.53 Å². The highest BCUT2D eigenvalue weighted by Gasteiger charge is 2.20. The molecule has 0 saturated heterocycles. The molecule has 0 spiro atoms. The molecule has 0 aliphatic carbocycles. The Hall–Kier alpha value is -2.97. The van der Waals surface area contributed by atoms with Crippen LogP contribution in [0, 0.1) is 0 Å².